The number of Topliss-reactive ketones (excluding diaryl/α,β-unsaturated/α-hetero) is 1. The first-order valence-electron chi connectivity index (χ1n) is 3.53. The van der Waals surface area contributed by atoms with Crippen LogP contribution in [-0.4, -0.2) is 20.8 Å². The van der Waals surface area contributed by atoms with Crippen LogP contribution >= 0.6 is 0 Å². The molecule has 0 fully saturated rings. The van der Waals surface area contributed by atoms with Crippen LogP contribution in [0, 0.1) is 11.8 Å². The zero-order valence-electron chi connectivity index (χ0n) is 7.03. The van der Waals surface area contributed by atoms with Crippen LogP contribution in [-0.2, 0) is 7.05 Å². The molecule has 0 bridgehead atoms. The summed E-state index contributed by atoms with van der Waals surface area (Å²) in [6.07, 6.45) is 1.66. The number of hydrogen-bond donors (Lipinski definition) is 0. The zero-order chi connectivity index (χ0) is 8.97. The van der Waals surface area contributed by atoms with E-state index < -0.39 is 0 Å². The summed E-state index contributed by atoms with van der Waals surface area (Å²) in [5.41, 5.74) is 0.375. The third-order valence-electron chi connectivity index (χ3n) is 1.31. The summed E-state index contributed by atoms with van der Waals surface area (Å²) in [4.78, 5) is 12.6. The first-order valence-corrected chi connectivity index (χ1v) is 3.53. The van der Waals surface area contributed by atoms with Gasteiger partial charge >= 0.3 is 0 Å². The minimum absolute atomic E-state index is 0.0857. The van der Waals surface area contributed by atoms with Crippen LogP contribution in [0.1, 0.15) is 23.8 Å². The first-order chi connectivity index (χ1) is 5.74. The lowest BCUT2D eigenvalue weighted by atomic mass is 10.2. The van der Waals surface area contributed by atoms with Crippen LogP contribution in [0.4, 0.5) is 0 Å². The van der Waals surface area contributed by atoms with E-state index in [9.17, 15) is 4.79 Å². The monoisotopic (exact) mass is 163 g/mol. The van der Waals surface area contributed by atoms with Crippen molar-refractivity contribution in [3.05, 3.63) is 11.9 Å². The fourth-order valence-electron chi connectivity index (χ4n) is 0.733. The molecule has 1 heterocycles. The normalized spacial score (nSPS) is 8.83. The molecule has 0 saturated carbocycles. The Hall–Kier alpha value is -1.63. The Balaban J connectivity index is 2.69. The maximum Gasteiger partial charge on any atom is 0.196 e. The van der Waals surface area contributed by atoms with Crippen molar-refractivity contribution in [1.29, 1.82) is 0 Å². The molecule has 4 heteroatoms. The van der Waals surface area contributed by atoms with E-state index in [1.165, 1.54) is 11.0 Å². The summed E-state index contributed by atoms with van der Waals surface area (Å²) in [6.45, 7) is 1.70. The van der Waals surface area contributed by atoms with Gasteiger partial charge in [-0.1, -0.05) is 5.92 Å². The highest BCUT2D eigenvalue weighted by atomic mass is 16.1. The van der Waals surface area contributed by atoms with Crippen LogP contribution < -0.4 is 0 Å². The summed E-state index contributed by atoms with van der Waals surface area (Å²) in [5, 5.41) is 7.63. The van der Waals surface area contributed by atoms with E-state index in [0.29, 0.717) is 5.69 Å². The zero-order valence-corrected chi connectivity index (χ0v) is 7.03. The number of carbonyl (C=O) groups excluding carboxylic acids is 1. The predicted octanol–water partition coefficient (Wildman–Crippen LogP) is 0.411. The van der Waals surface area contributed by atoms with Crippen molar-refractivity contribution >= 4 is 5.78 Å². The fraction of sp³-hybridized carbons (Fsp3) is 0.375. The van der Waals surface area contributed by atoms with Crippen LogP contribution in [0.2, 0.25) is 0 Å². The Morgan fingerprint density at radius 1 is 1.75 bits per heavy atom. The van der Waals surface area contributed by atoms with Crippen LogP contribution in [0.3, 0.4) is 0 Å². The van der Waals surface area contributed by atoms with E-state index in [1.807, 2.05) is 0 Å². The topological polar surface area (TPSA) is 47.8 Å². The van der Waals surface area contributed by atoms with Gasteiger partial charge in [0.25, 0.3) is 0 Å². The van der Waals surface area contributed by atoms with E-state index in [0.717, 1.165) is 0 Å². The lowest BCUT2D eigenvalue weighted by Gasteiger charge is -1.86. The second-order valence-electron chi connectivity index (χ2n) is 2.25. The Kier molecular flexibility index (Phi) is 2.59. The van der Waals surface area contributed by atoms with E-state index in [2.05, 4.69) is 22.0 Å². The lowest BCUT2D eigenvalue weighted by Crippen LogP contribution is -2.00. The van der Waals surface area contributed by atoms with Gasteiger partial charge < -0.3 is 0 Å². The maximum absolute atomic E-state index is 11.2. The van der Waals surface area contributed by atoms with E-state index in [4.69, 9.17) is 0 Å². The van der Waals surface area contributed by atoms with Crippen molar-refractivity contribution in [2.24, 2.45) is 7.05 Å². The average Bonchev–Trinajstić information content (AvgIpc) is 2.47. The van der Waals surface area contributed by atoms with Crippen molar-refractivity contribution in [1.82, 2.24) is 15.0 Å². The molecule has 0 aliphatic rings. The average molecular weight is 163 g/mol. The number of hydrogen-bond acceptors (Lipinski definition) is 3. The van der Waals surface area contributed by atoms with Gasteiger partial charge in [0.15, 0.2) is 5.78 Å². The Morgan fingerprint density at radius 3 is 3.00 bits per heavy atom. The summed E-state index contributed by atoms with van der Waals surface area (Å²) < 4.78 is 0. The smallest absolute Gasteiger partial charge is 0.196 e. The molecule has 0 atom stereocenters. The molecule has 0 spiro atoms. The second-order valence-corrected chi connectivity index (χ2v) is 2.25. The van der Waals surface area contributed by atoms with Crippen molar-refractivity contribution in [3.8, 4) is 11.8 Å². The molecule has 0 unspecified atom stereocenters. The minimum atomic E-state index is -0.0857. The van der Waals surface area contributed by atoms with Gasteiger partial charge in [-0.05, 0) is 6.92 Å². The van der Waals surface area contributed by atoms with Gasteiger partial charge in [0.05, 0.1) is 12.6 Å². The van der Waals surface area contributed by atoms with E-state index in [1.54, 1.807) is 14.0 Å². The molecule has 1 aromatic rings. The van der Waals surface area contributed by atoms with Gasteiger partial charge in [0, 0.05) is 7.05 Å². The molecule has 1 aromatic heterocycles. The van der Waals surface area contributed by atoms with Gasteiger partial charge in [-0.2, -0.15) is 15.0 Å². The number of nitrogens with zero attached hydrogens (tertiary/aromatic N) is 3. The van der Waals surface area contributed by atoms with Crippen molar-refractivity contribution in [3.63, 3.8) is 0 Å². The van der Waals surface area contributed by atoms with Crippen molar-refractivity contribution in [2.45, 2.75) is 13.3 Å². The van der Waals surface area contributed by atoms with Gasteiger partial charge in [-0.3, -0.25) is 4.79 Å². The molecule has 0 aromatic carbocycles. The predicted molar refractivity (Wildman–Crippen MR) is 43.4 cm³/mol. The molecule has 0 aliphatic heterocycles. The van der Waals surface area contributed by atoms with Crippen molar-refractivity contribution < 1.29 is 4.79 Å². The fourth-order valence-corrected chi connectivity index (χ4v) is 0.733. The van der Waals surface area contributed by atoms with Gasteiger partial charge in [-0.25, -0.2) is 0 Å². The van der Waals surface area contributed by atoms with Crippen LogP contribution in [0.25, 0.3) is 0 Å². The third-order valence-corrected chi connectivity index (χ3v) is 1.31. The molecule has 0 aliphatic carbocycles. The second kappa shape index (κ2) is 3.67. The standard InChI is InChI=1S/C8H9N3O/c1-3-4-5-8(12)7-6-9-11(2)10-7/h6H,5H2,1-2H3. The third kappa shape index (κ3) is 1.92. The largest absolute Gasteiger partial charge is 0.291 e. The highest BCUT2D eigenvalue weighted by Gasteiger charge is 2.06. The number of ketones is 1. The lowest BCUT2D eigenvalue weighted by molar-refractivity contribution is 0.0992. The Morgan fingerprint density at radius 2 is 2.50 bits per heavy atom. The SMILES string of the molecule is CC#CCC(=O)c1cnn(C)n1. The summed E-state index contributed by atoms with van der Waals surface area (Å²) in [5.74, 6) is 5.24. The molecule has 4 nitrogen and oxygen atoms in total. The van der Waals surface area contributed by atoms with Gasteiger partial charge in [0.2, 0.25) is 0 Å². The van der Waals surface area contributed by atoms with Crippen LogP contribution in [0.15, 0.2) is 6.20 Å². The summed E-state index contributed by atoms with van der Waals surface area (Å²) in [6, 6.07) is 0. The maximum atomic E-state index is 11.2. The molecule has 0 radical (unpaired) electrons. The Bertz CT molecular complexity index is 343. The van der Waals surface area contributed by atoms with Gasteiger partial charge in [-0.15, -0.1) is 5.92 Å². The molecule has 12 heavy (non-hydrogen) atoms. The first kappa shape index (κ1) is 8.47. The van der Waals surface area contributed by atoms with E-state index in [-0.39, 0.29) is 12.2 Å². The molecule has 62 valence electrons. The molecular weight excluding hydrogens is 154 g/mol. The molecule has 0 saturated heterocycles. The molecular formula is C8H9N3O. The summed E-state index contributed by atoms with van der Waals surface area (Å²) >= 11 is 0. The number of carbonyl (C=O) groups is 1. The number of rotatable bonds is 2. The van der Waals surface area contributed by atoms with Crippen molar-refractivity contribution in [2.75, 3.05) is 0 Å². The molecule has 1 rings (SSSR count). The number of aromatic nitrogens is 3. The minimum Gasteiger partial charge on any atom is -0.291 e. The highest BCUT2D eigenvalue weighted by molar-refractivity contribution is 5.95. The molecule has 0 amide bonds. The van der Waals surface area contributed by atoms with E-state index >= 15 is 0 Å². The highest BCUT2D eigenvalue weighted by Crippen LogP contribution is 1.95. The number of aryl methyl sites for hydroxylation is 1. The Labute approximate surface area is 70.6 Å². The summed E-state index contributed by atoms with van der Waals surface area (Å²) in [7, 11) is 1.67. The van der Waals surface area contributed by atoms with Gasteiger partial charge in [0.1, 0.15) is 5.69 Å². The quantitative estimate of drug-likeness (QED) is 0.468. The van der Waals surface area contributed by atoms with Crippen LogP contribution in [0.5, 0.6) is 0 Å². The molecule has 0 N–H and O–H groups in total.